The Kier molecular flexibility index (Phi) is 2.11. The second-order valence-corrected chi connectivity index (χ2v) is 2.06. The van der Waals surface area contributed by atoms with Crippen molar-refractivity contribution in [3.8, 4) is 11.5 Å². The molecule has 1 N–H and O–H groups in total. The van der Waals surface area contributed by atoms with Crippen molar-refractivity contribution in [2.75, 3.05) is 7.11 Å². The summed E-state index contributed by atoms with van der Waals surface area (Å²) in [6.45, 7) is 0. The van der Waals surface area contributed by atoms with Crippen LogP contribution in [0.4, 0.5) is 0 Å². The Hall–Kier alpha value is -1.51. The fraction of sp³-hybridized carbons (Fsp3) is 0.125. The highest BCUT2D eigenvalue weighted by Gasteiger charge is 1.99. The maximum Gasteiger partial charge on any atom is 0.161 e. The highest BCUT2D eigenvalue weighted by Crippen LogP contribution is 2.25. The maximum atomic E-state index is 9.11. The lowest BCUT2D eigenvalue weighted by atomic mass is 10.2. The number of aromatic hydroxyl groups is 1. The summed E-state index contributed by atoms with van der Waals surface area (Å²) in [5, 5.41) is 17.7. The summed E-state index contributed by atoms with van der Waals surface area (Å²) in [6.07, 6.45) is 0.946. The van der Waals surface area contributed by atoms with Crippen molar-refractivity contribution in [1.29, 1.82) is 0 Å². The van der Waals surface area contributed by atoms with Gasteiger partial charge in [-0.2, -0.15) is 5.41 Å². The Balaban J connectivity index is 3.12. The van der Waals surface area contributed by atoms with E-state index < -0.39 is 0 Å². The first-order valence-corrected chi connectivity index (χ1v) is 3.12. The van der Waals surface area contributed by atoms with E-state index in [1.807, 2.05) is 0 Å². The van der Waals surface area contributed by atoms with E-state index in [0.29, 0.717) is 11.3 Å². The minimum Gasteiger partial charge on any atom is -0.504 e. The van der Waals surface area contributed by atoms with Gasteiger partial charge in [-0.1, -0.05) is 0 Å². The molecule has 11 heavy (non-hydrogen) atoms. The first kappa shape index (κ1) is 7.60. The molecule has 1 aromatic rings. The van der Waals surface area contributed by atoms with Crippen molar-refractivity contribution in [2.45, 2.75) is 0 Å². The number of hydrogen-bond donors (Lipinski definition) is 1. The van der Waals surface area contributed by atoms with Gasteiger partial charge in [-0.15, -0.1) is 0 Å². The lowest BCUT2D eigenvalue weighted by molar-refractivity contribution is 0.373. The van der Waals surface area contributed by atoms with E-state index in [4.69, 9.17) is 15.3 Å². The average Bonchev–Trinajstić information content (AvgIpc) is 2.05. The van der Waals surface area contributed by atoms with Crippen LogP contribution in [0.1, 0.15) is 5.56 Å². The summed E-state index contributed by atoms with van der Waals surface area (Å²) in [6, 6.07) is 4.58. The normalized spacial score (nSPS) is 9.18. The summed E-state index contributed by atoms with van der Waals surface area (Å²) < 4.78 is 4.81. The van der Waals surface area contributed by atoms with Crippen molar-refractivity contribution in [1.82, 2.24) is 5.41 Å². The first-order chi connectivity index (χ1) is 5.27. The Morgan fingerprint density at radius 1 is 1.55 bits per heavy atom. The standard InChI is InChI=1S/C8H8NO2/c1-11-8-4-6(5-9)2-3-7(8)10/h2-5,10H,1H3. The van der Waals surface area contributed by atoms with Crippen LogP contribution >= 0.6 is 0 Å². The van der Waals surface area contributed by atoms with Crippen LogP contribution in [0, 0.1) is 0 Å². The van der Waals surface area contributed by atoms with Crippen molar-refractivity contribution >= 4 is 6.21 Å². The zero-order valence-corrected chi connectivity index (χ0v) is 6.11. The molecule has 0 atom stereocenters. The molecule has 3 heteroatoms. The average molecular weight is 150 g/mol. The molecule has 0 spiro atoms. The maximum absolute atomic E-state index is 9.11. The van der Waals surface area contributed by atoms with E-state index >= 15 is 0 Å². The van der Waals surface area contributed by atoms with E-state index in [1.54, 1.807) is 6.07 Å². The minimum atomic E-state index is 0.0677. The third-order valence-corrected chi connectivity index (χ3v) is 1.35. The lowest BCUT2D eigenvalue weighted by Gasteiger charge is -2.02. The summed E-state index contributed by atoms with van der Waals surface area (Å²) >= 11 is 0. The number of hydrogen-bond acceptors (Lipinski definition) is 2. The first-order valence-electron chi connectivity index (χ1n) is 3.12. The van der Waals surface area contributed by atoms with Gasteiger partial charge in [0, 0.05) is 0 Å². The summed E-state index contributed by atoms with van der Waals surface area (Å²) in [4.78, 5) is 0. The quantitative estimate of drug-likeness (QED) is 0.628. The van der Waals surface area contributed by atoms with Crippen molar-refractivity contribution in [2.24, 2.45) is 0 Å². The third kappa shape index (κ3) is 1.49. The molecule has 1 aromatic carbocycles. The molecule has 57 valence electrons. The molecule has 0 saturated heterocycles. The van der Waals surface area contributed by atoms with E-state index in [0.717, 1.165) is 6.21 Å². The second-order valence-electron chi connectivity index (χ2n) is 2.06. The van der Waals surface area contributed by atoms with Gasteiger partial charge in [0.2, 0.25) is 0 Å². The van der Waals surface area contributed by atoms with Crippen LogP contribution in [-0.4, -0.2) is 18.4 Å². The van der Waals surface area contributed by atoms with Gasteiger partial charge in [0.15, 0.2) is 11.5 Å². The number of methoxy groups -OCH3 is 1. The molecule has 1 radical (unpaired) electrons. The summed E-state index contributed by atoms with van der Waals surface area (Å²) in [7, 11) is 1.45. The van der Waals surface area contributed by atoms with E-state index in [2.05, 4.69) is 0 Å². The smallest absolute Gasteiger partial charge is 0.161 e. The molecule has 3 nitrogen and oxygen atoms in total. The molecule has 0 fully saturated rings. The second kappa shape index (κ2) is 3.05. The molecule has 0 amide bonds. The largest absolute Gasteiger partial charge is 0.504 e. The summed E-state index contributed by atoms with van der Waals surface area (Å²) in [5.41, 5.74) is 0.597. The number of nitrogens with zero attached hydrogens (tertiary/aromatic N) is 1. The zero-order valence-electron chi connectivity index (χ0n) is 6.11. The predicted octanol–water partition coefficient (Wildman–Crippen LogP) is 0.620. The molecule has 0 aliphatic heterocycles. The van der Waals surface area contributed by atoms with Gasteiger partial charge in [0.1, 0.15) is 0 Å². The number of benzene rings is 1. The van der Waals surface area contributed by atoms with Gasteiger partial charge in [0.05, 0.1) is 13.3 Å². The number of phenolic OH excluding ortho intramolecular Hbond substituents is 1. The Labute approximate surface area is 64.8 Å². The molecule has 0 saturated carbocycles. The number of ether oxygens (including phenoxy) is 1. The van der Waals surface area contributed by atoms with Crippen LogP contribution in [0.25, 0.3) is 0 Å². The Bertz CT molecular complexity index is 271. The fourth-order valence-corrected chi connectivity index (χ4v) is 0.775. The predicted molar refractivity (Wildman–Crippen MR) is 42.0 cm³/mol. The Morgan fingerprint density at radius 2 is 2.27 bits per heavy atom. The molecular formula is C8H8NO2. The van der Waals surface area contributed by atoms with Gasteiger partial charge < -0.3 is 9.84 Å². The molecule has 0 aromatic heterocycles. The van der Waals surface area contributed by atoms with Crippen molar-refractivity contribution in [3.63, 3.8) is 0 Å². The van der Waals surface area contributed by atoms with E-state index in [9.17, 15) is 0 Å². The molecule has 0 unspecified atom stereocenters. The van der Waals surface area contributed by atoms with Crippen molar-refractivity contribution < 1.29 is 9.84 Å². The van der Waals surface area contributed by atoms with Crippen LogP contribution in [0.5, 0.6) is 11.5 Å². The molecule has 0 aliphatic carbocycles. The van der Waals surface area contributed by atoms with Crippen LogP contribution in [0.3, 0.4) is 0 Å². The number of rotatable bonds is 2. The molecule has 0 heterocycles. The van der Waals surface area contributed by atoms with Gasteiger partial charge in [-0.3, -0.25) is 0 Å². The van der Waals surface area contributed by atoms with Crippen LogP contribution in [0.15, 0.2) is 18.2 Å². The highest BCUT2D eigenvalue weighted by molar-refractivity contribution is 5.79. The zero-order chi connectivity index (χ0) is 8.27. The van der Waals surface area contributed by atoms with Gasteiger partial charge in [-0.05, 0) is 23.8 Å². The van der Waals surface area contributed by atoms with Crippen LogP contribution in [-0.2, 0) is 0 Å². The lowest BCUT2D eigenvalue weighted by Crippen LogP contribution is -1.86. The summed E-state index contributed by atoms with van der Waals surface area (Å²) in [5.74, 6) is 0.422. The van der Waals surface area contributed by atoms with Gasteiger partial charge in [0.25, 0.3) is 0 Å². The van der Waals surface area contributed by atoms with Crippen LogP contribution in [0.2, 0.25) is 0 Å². The molecule has 1 rings (SSSR count). The Morgan fingerprint density at radius 3 is 2.82 bits per heavy atom. The van der Waals surface area contributed by atoms with E-state index in [1.165, 1.54) is 19.2 Å². The topological polar surface area (TPSA) is 51.8 Å². The molecular weight excluding hydrogens is 142 g/mol. The number of phenols is 1. The molecule has 0 bridgehead atoms. The van der Waals surface area contributed by atoms with Crippen molar-refractivity contribution in [3.05, 3.63) is 23.8 Å². The SMILES string of the molecule is COc1cc(C=[N])ccc1O. The van der Waals surface area contributed by atoms with Gasteiger partial charge >= 0.3 is 0 Å². The minimum absolute atomic E-state index is 0.0677. The fourth-order valence-electron chi connectivity index (χ4n) is 0.775. The van der Waals surface area contributed by atoms with Crippen LogP contribution < -0.4 is 10.1 Å². The third-order valence-electron chi connectivity index (χ3n) is 1.35. The molecule has 0 aliphatic rings. The van der Waals surface area contributed by atoms with E-state index in [-0.39, 0.29) is 5.75 Å². The highest BCUT2D eigenvalue weighted by atomic mass is 16.5. The monoisotopic (exact) mass is 150 g/mol. The van der Waals surface area contributed by atoms with Gasteiger partial charge in [-0.25, -0.2) is 0 Å².